The van der Waals surface area contributed by atoms with E-state index in [9.17, 15) is 17.6 Å². The summed E-state index contributed by atoms with van der Waals surface area (Å²) in [7, 11) is -3.02. The molecule has 0 spiro atoms. The molecule has 2 heterocycles. The largest absolute Gasteiger partial charge is 0.366 e. The van der Waals surface area contributed by atoms with Gasteiger partial charge in [-0.25, -0.2) is 22.8 Å². The molecule has 1 fully saturated rings. The van der Waals surface area contributed by atoms with Crippen molar-refractivity contribution in [2.24, 2.45) is 0 Å². The maximum Gasteiger partial charge on any atom is 0.270 e. The number of nitrogens with one attached hydrogen (secondary N) is 2. The highest BCUT2D eigenvalue weighted by atomic mass is 32.2. The number of sulfone groups is 1. The van der Waals surface area contributed by atoms with Crippen LogP contribution in [0.25, 0.3) is 0 Å². The highest BCUT2D eigenvalue weighted by Crippen LogP contribution is 2.17. The van der Waals surface area contributed by atoms with Crippen molar-refractivity contribution >= 4 is 21.6 Å². The molecular formula is C17H19FN4O3S. The third-order valence-corrected chi connectivity index (χ3v) is 5.82. The van der Waals surface area contributed by atoms with Crippen molar-refractivity contribution in [3.63, 3.8) is 0 Å². The Morgan fingerprint density at radius 3 is 2.77 bits per heavy atom. The van der Waals surface area contributed by atoms with Crippen LogP contribution in [0.4, 0.5) is 10.2 Å². The zero-order valence-electron chi connectivity index (χ0n) is 14.2. The summed E-state index contributed by atoms with van der Waals surface area (Å²) in [6, 6.07) is 7.42. The van der Waals surface area contributed by atoms with Crippen molar-refractivity contribution < 1.29 is 17.6 Å². The minimum atomic E-state index is -3.02. The SMILES string of the molecule is Cc1nc(NC2CCS(=O)(=O)C2)cc(C(=O)NCc2ccccc2F)n1. The van der Waals surface area contributed by atoms with Gasteiger partial charge >= 0.3 is 0 Å². The molecule has 0 saturated carbocycles. The predicted molar refractivity (Wildman–Crippen MR) is 95.0 cm³/mol. The summed E-state index contributed by atoms with van der Waals surface area (Å²) in [5.41, 5.74) is 0.512. The molecule has 0 bridgehead atoms. The van der Waals surface area contributed by atoms with Crippen LogP contribution >= 0.6 is 0 Å². The number of halogens is 1. The Labute approximate surface area is 151 Å². The number of hydrogen-bond donors (Lipinski definition) is 2. The van der Waals surface area contributed by atoms with E-state index in [1.165, 1.54) is 12.1 Å². The summed E-state index contributed by atoms with van der Waals surface area (Å²) < 4.78 is 36.7. The molecule has 1 aliphatic rings. The van der Waals surface area contributed by atoms with Crippen molar-refractivity contribution in [3.8, 4) is 0 Å². The number of benzene rings is 1. The average molecular weight is 378 g/mol. The number of carbonyl (C=O) groups excluding carboxylic acids is 1. The molecule has 1 atom stereocenters. The second-order valence-corrected chi connectivity index (χ2v) is 8.43. The third kappa shape index (κ3) is 4.54. The standard InChI is InChI=1S/C17H19FN4O3S/c1-11-20-15(17(23)19-9-12-4-2-3-5-14(12)18)8-16(21-11)22-13-6-7-26(24,25)10-13/h2-5,8,13H,6-7,9-10H2,1H3,(H,19,23)(H,20,21,22). The van der Waals surface area contributed by atoms with Crippen LogP contribution < -0.4 is 10.6 Å². The van der Waals surface area contributed by atoms with Crippen LogP contribution in [0.2, 0.25) is 0 Å². The summed E-state index contributed by atoms with van der Waals surface area (Å²) in [6.45, 7) is 1.68. The van der Waals surface area contributed by atoms with Gasteiger partial charge < -0.3 is 10.6 Å². The third-order valence-electron chi connectivity index (χ3n) is 4.05. The van der Waals surface area contributed by atoms with E-state index in [2.05, 4.69) is 20.6 Å². The summed E-state index contributed by atoms with van der Waals surface area (Å²) >= 11 is 0. The molecule has 2 aromatic rings. The second-order valence-electron chi connectivity index (χ2n) is 6.20. The molecule has 7 nitrogen and oxygen atoms in total. The first-order valence-electron chi connectivity index (χ1n) is 8.17. The van der Waals surface area contributed by atoms with Gasteiger partial charge in [-0.15, -0.1) is 0 Å². The lowest BCUT2D eigenvalue weighted by molar-refractivity contribution is 0.0945. The van der Waals surface area contributed by atoms with E-state index in [4.69, 9.17) is 0 Å². The predicted octanol–water partition coefficient (Wildman–Crippen LogP) is 1.45. The fourth-order valence-corrected chi connectivity index (χ4v) is 4.46. The fourth-order valence-electron chi connectivity index (χ4n) is 2.78. The zero-order valence-corrected chi connectivity index (χ0v) is 15.0. The molecule has 2 N–H and O–H groups in total. The smallest absolute Gasteiger partial charge is 0.270 e. The monoisotopic (exact) mass is 378 g/mol. The number of rotatable bonds is 5. The minimum Gasteiger partial charge on any atom is -0.366 e. The van der Waals surface area contributed by atoms with Gasteiger partial charge in [0, 0.05) is 24.2 Å². The van der Waals surface area contributed by atoms with E-state index in [1.807, 2.05) is 0 Å². The molecule has 0 radical (unpaired) electrons. The summed E-state index contributed by atoms with van der Waals surface area (Å²) in [5, 5.41) is 5.67. The molecule has 1 aromatic heterocycles. The topological polar surface area (TPSA) is 101 Å². The maximum absolute atomic E-state index is 13.6. The number of nitrogens with zero attached hydrogens (tertiary/aromatic N) is 2. The molecule has 3 rings (SSSR count). The Balaban J connectivity index is 1.68. The number of carbonyl (C=O) groups is 1. The Hall–Kier alpha value is -2.55. The quantitative estimate of drug-likeness (QED) is 0.817. The van der Waals surface area contributed by atoms with Crippen LogP contribution in [-0.2, 0) is 16.4 Å². The normalized spacial score (nSPS) is 18.5. The highest BCUT2D eigenvalue weighted by molar-refractivity contribution is 7.91. The van der Waals surface area contributed by atoms with Crippen LogP contribution in [-0.4, -0.2) is 41.8 Å². The molecule has 1 saturated heterocycles. The van der Waals surface area contributed by atoms with Gasteiger partial charge in [-0.05, 0) is 19.4 Å². The molecule has 138 valence electrons. The Morgan fingerprint density at radius 1 is 1.31 bits per heavy atom. The van der Waals surface area contributed by atoms with E-state index in [1.54, 1.807) is 25.1 Å². The van der Waals surface area contributed by atoms with E-state index >= 15 is 0 Å². The van der Waals surface area contributed by atoms with Crippen molar-refractivity contribution in [1.82, 2.24) is 15.3 Å². The van der Waals surface area contributed by atoms with Gasteiger partial charge in [0.15, 0.2) is 9.84 Å². The van der Waals surface area contributed by atoms with Gasteiger partial charge in [-0.1, -0.05) is 18.2 Å². The van der Waals surface area contributed by atoms with Crippen molar-refractivity contribution in [1.29, 1.82) is 0 Å². The lowest BCUT2D eigenvalue weighted by atomic mass is 10.2. The fraction of sp³-hybridized carbons (Fsp3) is 0.353. The minimum absolute atomic E-state index is 0.0399. The van der Waals surface area contributed by atoms with E-state index in [0.717, 1.165) is 0 Å². The van der Waals surface area contributed by atoms with Gasteiger partial charge in [0.05, 0.1) is 11.5 Å². The van der Waals surface area contributed by atoms with Gasteiger partial charge in [0.2, 0.25) is 0 Å². The van der Waals surface area contributed by atoms with E-state index < -0.39 is 21.6 Å². The maximum atomic E-state index is 13.6. The van der Waals surface area contributed by atoms with Gasteiger partial charge in [0.1, 0.15) is 23.2 Å². The second kappa shape index (κ2) is 7.36. The van der Waals surface area contributed by atoms with Gasteiger partial charge in [-0.2, -0.15) is 0 Å². The number of amides is 1. The molecule has 1 aromatic carbocycles. The Morgan fingerprint density at radius 2 is 2.08 bits per heavy atom. The van der Waals surface area contributed by atoms with Crippen LogP contribution in [0.5, 0.6) is 0 Å². The number of hydrogen-bond acceptors (Lipinski definition) is 6. The number of anilines is 1. The molecular weight excluding hydrogens is 359 g/mol. The van der Waals surface area contributed by atoms with E-state index in [-0.39, 0.29) is 29.8 Å². The number of aryl methyl sites for hydroxylation is 1. The molecule has 1 aliphatic heterocycles. The first-order chi connectivity index (χ1) is 12.3. The van der Waals surface area contributed by atoms with Crippen LogP contribution in [0.3, 0.4) is 0 Å². The van der Waals surface area contributed by atoms with Gasteiger partial charge in [0.25, 0.3) is 5.91 Å². The van der Waals surface area contributed by atoms with Crippen molar-refractivity contribution in [2.75, 3.05) is 16.8 Å². The van der Waals surface area contributed by atoms with E-state index in [0.29, 0.717) is 23.6 Å². The van der Waals surface area contributed by atoms with Crippen LogP contribution in [0.15, 0.2) is 30.3 Å². The first kappa shape index (κ1) is 18.2. The molecule has 0 aliphatic carbocycles. The lowest BCUT2D eigenvalue weighted by Crippen LogP contribution is -2.26. The summed E-state index contributed by atoms with van der Waals surface area (Å²) in [5.74, 6) is 0.120. The Bertz CT molecular complexity index is 933. The average Bonchev–Trinajstić information content (AvgIpc) is 2.92. The molecule has 1 amide bonds. The Kier molecular flexibility index (Phi) is 5.17. The molecule has 1 unspecified atom stereocenters. The first-order valence-corrected chi connectivity index (χ1v) is 9.99. The summed E-state index contributed by atoms with van der Waals surface area (Å²) in [4.78, 5) is 20.6. The number of aromatic nitrogens is 2. The van der Waals surface area contributed by atoms with Crippen molar-refractivity contribution in [2.45, 2.75) is 25.9 Å². The molecule has 9 heteroatoms. The van der Waals surface area contributed by atoms with Gasteiger partial charge in [-0.3, -0.25) is 4.79 Å². The zero-order chi connectivity index (χ0) is 18.7. The van der Waals surface area contributed by atoms with Crippen LogP contribution in [0, 0.1) is 12.7 Å². The lowest BCUT2D eigenvalue weighted by Gasteiger charge is -2.13. The molecule has 26 heavy (non-hydrogen) atoms. The van der Waals surface area contributed by atoms with Crippen molar-refractivity contribution in [3.05, 3.63) is 53.2 Å². The van der Waals surface area contributed by atoms with Crippen LogP contribution in [0.1, 0.15) is 28.3 Å². The highest BCUT2D eigenvalue weighted by Gasteiger charge is 2.28. The summed E-state index contributed by atoms with van der Waals surface area (Å²) in [6.07, 6.45) is 0.500.